The number of hydrogen-bond acceptors (Lipinski definition) is 4. The number of sulfonamides is 1. The monoisotopic (exact) mass is 266 g/mol. The topological polar surface area (TPSA) is 90.0 Å². The Morgan fingerprint density at radius 2 is 2.22 bits per heavy atom. The van der Waals surface area contributed by atoms with Crippen LogP contribution in [0, 0.1) is 0 Å². The minimum Gasteiger partial charge on any atom is -0.399 e. The molecular formula is C11H14N4O2S. The van der Waals surface area contributed by atoms with Crippen molar-refractivity contribution in [3.63, 3.8) is 0 Å². The zero-order chi connectivity index (χ0) is 13.2. The van der Waals surface area contributed by atoms with Crippen LogP contribution in [0.5, 0.6) is 0 Å². The first kappa shape index (κ1) is 12.4. The van der Waals surface area contributed by atoms with E-state index >= 15 is 0 Å². The van der Waals surface area contributed by atoms with Crippen LogP contribution in [0.1, 0.15) is 6.92 Å². The number of nitrogen functional groups attached to an aromatic ring is 1. The average molecular weight is 266 g/mol. The number of anilines is 2. The van der Waals surface area contributed by atoms with E-state index in [1.165, 1.54) is 18.3 Å². The lowest BCUT2D eigenvalue weighted by Crippen LogP contribution is -2.12. The third-order valence-corrected chi connectivity index (χ3v) is 3.76. The standard InChI is InChI=1S/C11H14N4O2S/c1-2-15-8-10(7-13-15)14-18(16,17)11-5-3-4-9(12)6-11/h3-8,14H,2,12H2,1H3. The van der Waals surface area contributed by atoms with E-state index in [4.69, 9.17) is 5.73 Å². The summed E-state index contributed by atoms with van der Waals surface area (Å²) in [6.45, 7) is 2.60. The van der Waals surface area contributed by atoms with Gasteiger partial charge in [0.05, 0.1) is 16.8 Å². The van der Waals surface area contributed by atoms with Crippen LogP contribution in [-0.4, -0.2) is 18.2 Å². The molecular weight excluding hydrogens is 252 g/mol. The Hall–Kier alpha value is -2.02. The average Bonchev–Trinajstić information content (AvgIpc) is 2.76. The largest absolute Gasteiger partial charge is 0.399 e. The predicted octanol–water partition coefficient (Wildman–Crippen LogP) is 1.29. The smallest absolute Gasteiger partial charge is 0.262 e. The number of hydrogen-bond donors (Lipinski definition) is 2. The van der Waals surface area contributed by atoms with E-state index in [-0.39, 0.29) is 4.90 Å². The number of benzene rings is 1. The first-order valence-electron chi connectivity index (χ1n) is 5.42. The Bertz CT molecular complexity index is 649. The summed E-state index contributed by atoms with van der Waals surface area (Å²) in [5.41, 5.74) is 6.40. The van der Waals surface area contributed by atoms with Crippen molar-refractivity contribution < 1.29 is 8.42 Å². The van der Waals surface area contributed by atoms with Gasteiger partial charge in [0.15, 0.2) is 0 Å². The summed E-state index contributed by atoms with van der Waals surface area (Å²) in [7, 11) is -3.61. The molecule has 1 heterocycles. The van der Waals surface area contributed by atoms with Gasteiger partial charge in [-0.15, -0.1) is 0 Å². The number of nitrogens with one attached hydrogen (secondary N) is 1. The van der Waals surface area contributed by atoms with Crippen LogP contribution >= 0.6 is 0 Å². The first-order valence-corrected chi connectivity index (χ1v) is 6.90. The van der Waals surface area contributed by atoms with Gasteiger partial charge in [-0.05, 0) is 25.1 Å². The molecule has 0 amide bonds. The highest BCUT2D eigenvalue weighted by Gasteiger charge is 2.15. The summed E-state index contributed by atoms with van der Waals surface area (Å²) in [6.07, 6.45) is 3.09. The van der Waals surface area contributed by atoms with Crippen molar-refractivity contribution in [2.24, 2.45) is 0 Å². The van der Waals surface area contributed by atoms with Crippen molar-refractivity contribution in [2.45, 2.75) is 18.4 Å². The van der Waals surface area contributed by atoms with Crippen LogP contribution in [0.25, 0.3) is 0 Å². The van der Waals surface area contributed by atoms with Crippen molar-refractivity contribution in [1.29, 1.82) is 0 Å². The Morgan fingerprint density at radius 1 is 1.44 bits per heavy atom. The maximum atomic E-state index is 12.0. The molecule has 6 nitrogen and oxygen atoms in total. The lowest BCUT2D eigenvalue weighted by molar-refractivity contribution is 0.601. The Balaban J connectivity index is 2.27. The maximum Gasteiger partial charge on any atom is 0.262 e. The van der Waals surface area contributed by atoms with Crippen molar-refractivity contribution in [3.05, 3.63) is 36.7 Å². The zero-order valence-electron chi connectivity index (χ0n) is 9.87. The van der Waals surface area contributed by atoms with Crippen LogP contribution in [-0.2, 0) is 16.6 Å². The second-order valence-electron chi connectivity index (χ2n) is 3.76. The van der Waals surface area contributed by atoms with E-state index in [2.05, 4.69) is 9.82 Å². The molecule has 0 aliphatic heterocycles. The molecule has 0 radical (unpaired) electrons. The molecule has 2 aromatic rings. The van der Waals surface area contributed by atoms with Gasteiger partial charge in [0.25, 0.3) is 10.0 Å². The molecule has 0 atom stereocenters. The number of aryl methyl sites for hydroxylation is 1. The van der Waals surface area contributed by atoms with E-state index in [0.717, 1.165) is 0 Å². The van der Waals surface area contributed by atoms with Gasteiger partial charge in [-0.1, -0.05) is 6.07 Å². The van der Waals surface area contributed by atoms with Crippen LogP contribution in [0.3, 0.4) is 0 Å². The lowest BCUT2D eigenvalue weighted by Gasteiger charge is -2.06. The summed E-state index contributed by atoms with van der Waals surface area (Å²) in [4.78, 5) is 0.131. The van der Waals surface area contributed by atoms with Crippen LogP contribution < -0.4 is 10.5 Å². The van der Waals surface area contributed by atoms with Gasteiger partial charge in [0.2, 0.25) is 0 Å². The number of nitrogens with zero attached hydrogens (tertiary/aromatic N) is 2. The van der Waals surface area contributed by atoms with E-state index in [1.807, 2.05) is 6.92 Å². The van der Waals surface area contributed by atoms with Gasteiger partial charge in [-0.25, -0.2) is 8.42 Å². The second-order valence-corrected chi connectivity index (χ2v) is 5.45. The van der Waals surface area contributed by atoms with E-state index in [9.17, 15) is 8.42 Å². The fraction of sp³-hybridized carbons (Fsp3) is 0.182. The normalized spacial score (nSPS) is 11.4. The SMILES string of the molecule is CCn1cc(NS(=O)(=O)c2cccc(N)c2)cn1. The molecule has 18 heavy (non-hydrogen) atoms. The zero-order valence-corrected chi connectivity index (χ0v) is 10.7. The van der Waals surface area contributed by atoms with E-state index < -0.39 is 10.0 Å². The predicted molar refractivity (Wildman–Crippen MR) is 69.6 cm³/mol. The van der Waals surface area contributed by atoms with Crippen molar-refractivity contribution in [2.75, 3.05) is 10.5 Å². The first-order chi connectivity index (χ1) is 8.51. The van der Waals surface area contributed by atoms with Crippen LogP contribution in [0.2, 0.25) is 0 Å². The fourth-order valence-corrected chi connectivity index (χ4v) is 2.57. The Kier molecular flexibility index (Phi) is 3.24. The molecule has 0 spiro atoms. The summed E-state index contributed by atoms with van der Waals surface area (Å²) in [5.74, 6) is 0. The molecule has 3 N–H and O–H groups in total. The second kappa shape index (κ2) is 4.69. The third kappa shape index (κ3) is 2.62. The van der Waals surface area contributed by atoms with Gasteiger partial charge in [0.1, 0.15) is 0 Å². The molecule has 96 valence electrons. The summed E-state index contributed by atoms with van der Waals surface area (Å²) < 4.78 is 28.2. The minimum atomic E-state index is -3.61. The molecule has 0 saturated heterocycles. The highest BCUT2D eigenvalue weighted by atomic mass is 32.2. The minimum absolute atomic E-state index is 0.131. The van der Waals surface area contributed by atoms with Gasteiger partial charge in [0, 0.05) is 18.4 Å². The van der Waals surface area contributed by atoms with Gasteiger partial charge in [-0.2, -0.15) is 5.10 Å². The summed E-state index contributed by atoms with van der Waals surface area (Å²) in [6, 6.07) is 6.13. The van der Waals surface area contributed by atoms with Crippen LogP contribution in [0.15, 0.2) is 41.6 Å². The van der Waals surface area contributed by atoms with Crippen molar-refractivity contribution in [1.82, 2.24) is 9.78 Å². The lowest BCUT2D eigenvalue weighted by atomic mass is 10.3. The number of nitrogens with two attached hydrogens (primary N) is 1. The van der Waals surface area contributed by atoms with Crippen molar-refractivity contribution >= 4 is 21.4 Å². The van der Waals surface area contributed by atoms with Crippen molar-refractivity contribution in [3.8, 4) is 0 Å². The third-order valence-electron chi connectivity index (χ3n) is 2.38. The molecule has 2 rings (SSSR count). The summed E-state index contributed by atoms with van der Waals surface area (Å²) >= 11 is 0. The highest BCUT2D eigenvalue weighted by Crippen LogP contribution is 2.17. The van der Waals surface area contributed by atoms with Gasteiger partial charge >= 0.3 is 0 Å². The molecule has 1 aromatic carbocycles. The van der Waals surface area contributed by atoms with Gasteiger partial charge in [-0.3, -0.25) is 9.40 Å². The van der Waals surface area contributed by atoms with Gasteiger partial charge < -0.3 is 5.73 Å². The molecule has 0 unspecified atom stereocenters. The fourth-order valence-electron chi connectivity index (χ4n) is 1.48. The van der Waals surface area contributed by atoms with E-state index in [1.54, 1.807) is 23.0 Å². The highest BCUT2D eigenvalue weighted by molar-refractivity contribution is 7.92. The molecule has 1 aromatic heterocycles. The molecule has 7 heteroatoms. The summed E-state index contributed by atoms with van der Waals surface area (Å²) in [5, 5.41) is 4.00. The molecule has 0 bridgehead atoms. The Labute approximate surface area is 105 Å². The molecule has 0 aliphatic rings. The molecule has 0 saturated carbocycles. The molecule has 0 fully saturated rings. The quantitative estimate of drug-likeness (QED) is 0.816. The maximum absolute atomic E-state index is 12.0. The van der Waals surface area contributed by atoms with Crippen LogP contribution in [0.4, 0.5) is 11.4 Å². The molecule has 0 aliphatic carbocycles. The number of aromatic nitrogens is 2. The van der Waals surface area contributed by atoms with E-state index in [0.29, 0.717) is 17.9 Å². The number of rotatable bonds is 4. The Morgan fingerprint density at radius 3 is 2.83 bits per heavy atom.